The topological polar surface area (TPSA) is 9.23 Å². The molecule has 0 saturated carbocycles. The van der Waals surface area contributed by atoms with Gasteiger partial charge in [-0.15, -0.1) is 0 Å². The molecule has 0 aliphatic rings. The SMILES string of the molecule is Clc1ccc(COc2ccc(CBr)cc2)cc1Cl. The van der Waals surface area contributed by atoms with Crippen molar-refractivity contribution in [3.63, 3.8) is 0 Å². The summed E-state index contributed by atoms with van der Waals surface area (Å²) < 4.78 is 5.67. The highest BCUT2D eigenvalue weighted by atomic mass is 79.9. The van der Waals surface area contributed by atoms with Crippen molar-refractivity contribution in [3.8, 4) is 5.75 Å². The number of ether oxygens (including phenoxy) is 1. The summed E-state index contributed by atoms with van der Waals surface area (Å²) in [5, 5.41) is 1.95. The molecule has 0 bridgehead atoms. The van der Waals surface area contributed by atoms with Gasteiger partial charge in [0.15, 0.2) is 0 Å². The highest BCUT2D eigenvalue weighted by Crippen LogP contribution is 2.23. The number of halogens is 3. The fourth-order valence-corrected chi connectivity index (χ4v) is 2.17. The third-order valence-electron chi connectivity index (χ3n) is 2.47. The molecule has 0 atom stereocenters. The molecule has 0 amide bonds. The molecule has 0 spiro atoms. The predicted octanol–water partition coefficient (Wildman–Crippen LogP) is 5.47. The lowest BCUT2D eigenvalue weighted by molar-refractivity contribution is 0.306. The van der Waals surface area contributed by atoms with E-state index >= 15 is 0 Å². The maximum atomic E-state index is 5.94. The van der Waals surface area contributed by atoms with Crippen LogP contribution < -0.4 is 4.74 Å². The monoisotopic (exact) mass is 344 g/mol. The first kappa shape index (κ1) is 13.7. The minimum absolute atomic E-state index is 0.477. The minimum atomic E-state index is 0.477. The van der Waals surface area contributed by atoms with Crippen LogP contribution >= 0.6 is 39.1 Å². The van der Waals surface area contributed by atoms with Crippen LogP contribution in [0.5, 0.6) is 5.75 Å². The molecule has 0 saturated heterocycles. The summed E-state index contributed by atoms with van der Waals surface area (Å²) in [7, 11) is 0. The number of hydrogen-bond donors (Lipinski definition) is 0. The zero-order chi connectivity index (χ0) is 13.0. The largest absolute Gasteiger partial charge is 0.489 e. The van der Waals surface area contributed by atoms with E-state index in [2.05, 4.69) is 15.9 Å². The van der Waals surface area contributed by atoms with Crippen molar-refractivity contribution in [2.24, 2.45) is 0 Å². The Bertz CT molecular complexity index is 526. The van der Waals surface area contributed by atoms with Gasteiger partial charge in [0, 0.05) is 5.33 Å². The van der Waals surface area contributed by atoms with Gasteiger partial charge in [-0.1, -0.05) is 57.3 Å². The van der Waals surface area contributed by atoms with Gasteiger partial charge in [-0.25, -0.2) is 0 Å². The van der Waals surface area contributed by atoms with Gasteiger partial charge in [-0.05, 0) is 35.4 Å². The summed E-state index contributed by atoms with van der Waals surface area (Å²) in [5.74, 6) is 0.839. The van der Waals surface area contributed by atoms with Gasteiger partial charge in [-0.3, -0.25) is 0 Å². The van der Waals surface area contributed by atoms with Crippen molar-refractivity contribution in [3.05, 3.63) is 63.6 Å². The van der Waals surface area contributed by atoms with Crippen LogP contribution in [-0.4, -0.2) is 0 Å². The Labute approximate surface area is 125 Å². The van der Waals surface area contributed by atoms with E-state index < -0.39 is 0 Å². The van der Waals surface area contributed by atoms with Gasteiger partial charge in [0.25, 0.3) is 0 Å². The summed E-state index contributed by atoms with van der Waals surface area (Å²) in [6.07, 6.45) is 0. The highest BCUT2D eigenvalue weighted by Gasteiger charge is 2.01. The van der Waals surface area contributed by atoms with Crippen LogP contribution in [0.3, 0.4) is 0 Å². The molecule has 0 fully saturated rings. The molecule has 2 rings (SSSR count). The lowest BCUT2D eigenvalue weighted by Crippen LogP contribution is -1.95. The molecule has 0 aliphatic heterocycles. The number of benzene rings is 2. The summed E-state index contributed by atoms with van der Waals surface area (Å²) in [5.41, 5.74) is 2.21. The lowest BCUT2D eigenvalue weighted by atomic mass is 10.2. The molecule has 0 radical (unpaired) electrons. The first-order valence-corrected chi connectivity index (χ1v) is 7.28. The highest BCUT2D eigenvalue weighted by molar-refractivity contribution is 9.08. The standard InChI is InChI=1S/C14H11BrCl2O/c15-8-10-1-4-12(5-2-10)18-9-11-3-6-13(16)14(17)7-11/h1-7H,8-9H2. The Morgan fingerprint density at radius 1 is 0.889 bits per heavy atom. The van der Waals surface area contributed by atoms with Crippen LogP contribution in [0.15, 0.2) is 42.5 Å². The average Bonchev–Trinajstić information content (AvgIpc) is 2.41. The molecule has 2 aromatic rings. The van der Waals surface area contributed by atoms with Crippen molar-refractivity contribution >= 4 is 39.1 Å². The molecule has 0 aliphatic carbocycles. The Kier molecular flexibility index (Phi) is 4.93. The zero-order valence-corrected chi connectivity index (χ0v) is 12.6. The molecule has 0 heterocycles. The second-order valence-corrected chi connectivity index (χ2v) is 5.19. The first-order chi connectivity index (χ1) is 8.69. The third kappa shape index (κ3) is 3.64. The number of alkyl halides is 1. The third-order valence-corrected chi connectivity index (χ3v) is 3.85. The normalized spacial score (nSPS) is 10.4. The van der Waals surface area contributed by atoms with Gasteiger partial charge in [0.05, 0.1) is 10.0 Å². The first-order valence-electron chi connectivity index (χ1n) is 5.40. The molecule has 18 heavy (non-hydrogen) atoms. The van der Waals surface area contributed by atoms with Crippen molar-refractivity contribution in [1.29, 1.82) is 0 Å². The molecule has 94 valence electrons. The van der Waals surface area contributed by atoms with Crippen LogP contribution in [-0.2, 0) is 11.9 Å². The van der Waals surface area contributed by atoms with E-state index in [4.69, 9.17) is 27.9 Å². The van der Waals surface area contributed by atoms with E-state index in [-0.39, 0.29) is 0 Å². The van der Waals surface area contributed by atoms with E-state index in [0.717, 1.165) is 16.6 Å². The second kappa shape index (κ2) is 6.46. The van der Waals surface area contributed by atoms with Crippen molar-refractivity contribution < 1.29 is 4.74 Å². The summed E-state index contributed by atoms with van der Waals surface area (Å²) in [6, 6.07) is 13.5. The van der Waals surface area contributed by atoms with Crippen molar-refractivity contribution in [2.45, 2.75) is 11.9 Å². The molecular formula is C14H11BrCl2O. The predicted molar refractivity (Wildman–Crippen MR) is 79.9 cm³/mol. The Balaban J connectivity index is 1.99. The van der Waals surface area contributed by atoms with Gasteiger partial charge in [0.2, 0.25) is 0 Å². The summed E-state index contributed by atoms with van der Waals surface area (Å²) in [4.78, 5) is 0. The molecule has 0 aromatic heterocycles. The van der Waals surface area contributed by atoms with Gasteiger partial charge >= 0.3 is 0 Å². The quantitative estimate of drug-likeness (QED) is 0.668. The Hall–Kier alpha value is -0.700. The lowest BCUT2D eigenvalue weighted by Gasteiger charge is -2.07. The Morgan fingerprint density at radius 3 is 2.17 bits per heavy atom. The van der Waals surface area contributed by atoms with Gasteiger partial charge in [0.1, 0.15) is 12.4 Å². The van der Waals surface area contributed by atoms with E-state index in [9.17, 15) is 0 Å². The zero-order valence-electron chi connectivity index (χ0n) is 9.50. The second-order valence-electron chi connectivity index (χ2n) is 3.81. The maximum absolute atomic E-state index is 5.94. The van der Waals surface area contributed by atoms with Crippen LogP contribution in [0.25, 0.3) is 0 Å². The fraction of sp³-hybridized carbons (Fsp3) is 0.143. The Morgan fingerprint density at radius 2 is 1.56 bits per heavy atom. The molecular weight excluding hydrogens is 335 g/mol. The van der Waals surface area contributed by atoms with Crippen LogP contribution in [0.2, 0.25) is 10.0 Å². The van der Waals surface area contributed by atoms with Crippen LogP contribution in [0, 0.1) is 0 Å². The smallest absolute Gasteiger partial charge is 0.119 e. The maximum Gasteiger partial charge on any atom is 0.119 e. The average molecular weight is 346 g/mol. The number of rotatable bonds is 4. The van der Waals surface area contributed by atoms with E-state index in [0.29, 0.717) is 16.7 Å². The van der Waals surface area contributed by atoms with Crippen LogP contribution in [0.1, 0.15) is 11.1 Å². The number of hydrogen-bond acceptors (Lipinski definition) is 1. The molecule has 1 nitrogen and oxygen atoms in total. The van der Waals surface area contributed by atoms with E-state index in [1.165, 1.54) is 5.56 Å². The molecule has 4 heteroatoms. The molecule has 0 N–H and O–H groups in total. The van der Waals surface area contributed by atoms with E-state index in [1.54, 1.807) is 6.07 Å². The fourth-order valence-electron chi connectivity index (χ4n) is 1.47. The molecule has 2 aromatic carbocycles. The van der Waals surface area contributed by atoms with Gasteiger partial charge < -0.3 is 4.74 Å². The van der Waals surface area contributed by atoms with Crippen molar-refractivity contribution in [1.82, 2.24) is 0 Å². The van der Waals surface area contributed by atoms with E-state index in [1.807, 2.05) is 36.4 Å². The van der Waals surface area contributed by atoms with Crippen LogP contribution in [0.4, 0.5) is 0 Å². The minimum Gasteiger partial charge on any atom is -0.489 e. The summed E-state index contributed by atoms with van der Waals surface area (Å²) >= 11 is 15.2. The van der Waals surface area contributed by atoms with Gasteiger partial charge in [-0.2, -0.15) is 0 Å². The molecule has 0 unspecified atom stereocenters. The van der Waals surface area contributed by atoms with Crippen molar-refractivity contribution in [2.75, 3.05) is 0 Å². The summed E-state index contributed by atoms with van der Waals surface area (Å²) in [6.45, 7) is 0.477.